The zero-order valence-electron chi connectivity index (χ0n) is 14.3. The first-order chi connectivity index (χ1) is 12.2. The lowest BCUT2D eigenvalue weighted by Gasteiger charge is -2.41. The van der Waals surface area contributed by atoms with Crippen LogP contribution >= 0.6 is 0 Å². The van der Waals surface area contributed by atoms with Gasteiger partial charge in [0, 0.05) is 38.4 Å². The van der Waals surface area contributed by atoms with Crippen LogP contribution in [0.4, 0.5) is 0 Å². The van der Waals surface area contributed by atoms with Crippen LogP contribution in [0.3, 0.4) is 0 Å². The SMILES string of the molecule is O=C(c1ncccc1O)N1CCN([C@H]2CCc3ccccc3C2)CC1. The summed E-state index contributed by atoms with van der Waals surface area (Å²) >= 11 is 0. The van der Waals surface area contributed by atoms with Crippen LogP contribution in [0.2, 0.25) is 0 Å². The second-order valence-corrected chi connectivity index (χ2v) is 6.86. The van der Waals surface area contributed by atoms with E-state index in [9.17, 15) is 9.90 Å². The average Bonchev–Trinajstić information content (AvgIpc) is 2.67. The maximum Gasteiger partial charge on any atom is 0.276 e. The summed E-state index contributed by atoms with van der Waals surface area (Å²) in [5.41, 5.74) is 3.11. The van der Waals surface area contributed by atoms with Crippen molar-refractivity contribution in [2.45, 2.75) is 25.3 Å². The minimum absolute atomic E-state index is 0.0428. The van der Waals surface area contributed by atoms with E-state index in [0.717, 1.165) is 25.9 Å². The molecular weight excluding hydrogens is 314 g/mol. The first-order valence-corrected chi connectivity index (χ1v) is 8.96. The molecule has 0 bridgehead atoms. The molecular formula is C20H23N3O2. The van der Waals surface area contributed by atoms with Gasteiger partial charge in [-0.15, -0.1) is 0 Å². The fraction of sp³-hybridized carbons (Fsp3) is 0.400. The lowest BCUT2D eigenvalue weighted by Crippen LogP contribution is -2.53. The molecule has 0 radical (unpaired) electrons. The summed E-state index contributed by atoms with van der Waals surface area (Å²) in [5, 5.41) is 9.84. The zero-order valence-corrected chi connectivity index (χ0v) is 14.3. The first kappa shape index (κ1) is 16.1. The topological polar surface area (TPSA) is 56.7 Å². The summed E-state index contributed by atoms with van der Waals surface area (Å²) in [4.78, 5) is 20.9. The van der Waals surface area contributed by atoms with Crippen LogP contribution in [0.5, 0.6) is 5.75 Å². The molecule has 2 aromatic rings. The second-order valence-electron chi connectivity index (χ2n) is 6.86. The number of hydrogen-bond donors (Lipinski definition) is 1. The third kappa shape index (κ3) is 3.24. The van der Waals surface area contributed by atoms with Gasteiger partial charge in [-0.1, -0.05) is 24.3 Å². The molecule has 0 spiro atoms. The van der Waals surface area contributed by atoms with Gasteiger partial charge in [-0.2, -0.15) is 0 Å². The molecule has 1 aromatic carbocycles. The molecule has 1 N–H and O–H groups in total. The van der Waals surface area contributed by atoms with Gasteiger partial charge in [0.15, 0.2) is 5.69 Å². The van der Waals surface area contributed by atoms with Gasteiger partial charge in [0.05, 0.1) is 0 Å². The molecule has 1 aliphatic carbocycles. The molecule has 2 aliphatic rings. The van der Waals surface area contributed by atoms with E-state index < -0.39 is 0 Å². The Hall–Kier alpha value is -2.40. The number of aromatic hydroxyl groups is 1. The number of carbonyl (C=O) groups excluding carboxylic acids is 1. The molecule has 1 aromatic heterocycles. The van der Waals surface area contributed by atoms with Crippen molar-refractivity contribution < 1.29 is 9.90 Å². The minimum atomic E-state index is -0.174. The van der Waals surface area contributed by atoms with Gasteiger partial charge in [-0.05, 0) is 42.5 Å². The fourth-order valence-electron chi connectivity index (χ4n) is 3.99. The monoisotopic (exact) mass is 337 g/mol. The Morgan fingerprint density at radius 2 is 1.80 bits per heavy atom. The maximum atomic E-state index is 12.6. The number of rotatable bonds is 2. The van der Waals surface area contributed by atoms with Crippen molar-refractivity contribution in [1.82, 2.24) is 14.8 Å². The van der Waals surface area contributed by atoms with Gasteiger partial charge >= 0.3 is 0 Å². The number of aromatic nitrogens is 1. The molecule has 1 fully saturated rings. The third-order valence-electron chi connectivity index (χ3n) is 5.43. The minimum Gasteiger partial charge on any atom is -0.505 e. The quantitative estimate of drug-likeness (QED) is 0.912. The Morgan fingerprint density at radius 1 is 1.04 bits per heavy atom. The van der Waals surface area contributed by atoms with Crippen molar-refractivity contribution in [2.24, 2.45) is 0 Å². The van der Waals surface area contributed by atoms with Crippen molar-refractivity contribution in [3.05, 3.63) is 59.4 Å². The molecule has 1 atom stereocenters. The normalized spacial score (nSPS) is 21.0. The van der Waals surface area contributed by atoms with Gasteiger partial charge < -0.3 is 10.0 Å². The fourth-order valence-corrected chi connectivity index (χ4v) is 3.99. The largest absolute Gasteiger partial charge is 0.505 e. The molecule has 1 saturated heterocycles. The summed E-state index contributed by atoms with van der Waals surface area (Å²) in [6.45, 7) is 3.14. The van der Waals surface area contributed by atoms with E-state index in [4.69, 9.17) is 0 Å². The first-order valence-electron chi connectivity index (χ1n) is 8.96. The second kappa shape index (κ2) is 6.84. The maximum absolute atomic E-state index is 12.6. The van der Waals surface area contributed by atoms with Crippen LogP contribution < -0.4 is 0 Å². The summed E-state index contributed by atoms with van der Waals surface area (Å²) < 4.78 is 0. The molecule has 4 rings (SSSR count). The number of carbonyl (C=O) groups is 1. The molecule has 5 heteroatoms. The van der Waals surface area contributed by atoms with Crippen molar-refractivity contribution in [3.8, 4) is 5.75 Å². The van der Waals surface area contributed by atoms with Gasteiger partial charge in [-0.25, -0.2) is 4.98 Å². The molecule has 2 heterocycles. The number of benzene rings is 1. The third-order valence-corrected chi connectivity index (χ3v) is 5.43. The summed E-state index contributed by atoms with van der Waals surface area (Å²) in [5.74, 6) is -0.217. The van der Waals surface area contributed by atoms with E-state index in [-0.39, 0.29) is 17.4 Å². The number of piperazine rings is 1. The van der Waals surface area contributed by atoms with Crippen molar-refractivity contribution in [2.75, 3.05) is 26.2 Å². The van der Waals surface area contributed by atoms with Gasteiger partial charge in [0.1, 0.15) is 5.75 Å². The van der Waals surface area contributed by atoms with Crippen LogP contribution in [-0.2, 0) is 12.8 Å². The number of aryl methyl sites for hydroxylation is 1. The Labute approximate surface area is 147 Å². The van der Waals surface area contributed by atoms with Crippen molar-refractivity contribution in [3.63, 3.8) is 0 Å². The highest BCUT2D eigenvalue weighted by molar-refractivity contribution is 5.94. The number of hydrogen-bond acceptors (Lipinski definition) is 4. The van der Waals surface area contributed by atoms with E-state index in [2.05, 4.69) is 34.1 Å². The van der Waals surface area contributed by atoms with E-state index in [0.29, 0.717) is 19.1 Å². The Morgan fingerprint density at radius 3 is 2.56 bits per heavy atom. The van der Waals surface area contributed by atoms with Gasteiger partial charge in [-0.3, -0.25) is 9.69 Å². The van der Waals surface area contributed by atoms with Gasteiger partial charge in [0.2, 0.25) is 0 Å². The van der Waals surface area contributed by atoms with Crippen LogP contribution in [0.15, 0.2) is 42.6 Å². The highest BCUT2D eigenvalue weighted by Gasteiger charge is 2.29. The van der Waals surface area contributed by atoms with Crippen LogP contribution in [0.25, 0.3) is 0 Å². The molecule has 1 aliphatic heterocycles. The smallest absolute Gasteiger partial charge is 0.276 e. The van der Waals surface area contributed by atoms with E-state index in [1.54, 1.807) is 17.2 Å². The van der Waals surface area contributed by atoms with Crippen LogP contribution in [0.1, 0.15) is 28.0 Å². The summed E-state index contributed by atoms with van der Waals surface area (Å²) in [7, 11) is 0. The molecule has 0 unspecified atom stereocenters. The molecule has 0 saturated carbocycles. The predicted octanol–water partition coefficient (Wildman–Crippen LogP) is 2.10. The lowest BCUT2D eigenvalue weighted by molar-refractivity contribution is 0.0545. The molecule has 5 nitrogen and oxygen atoms in total. The van der Waals surface area contributed by atoms with Crippen LogP contribution in [-0.4, -0.2) is 58.0 Å². The Bertz CT molecular complexity index is 769. The standard InChI is InChI=1S/C20H23N3O2/c24-18-6-3-9-21-19(18)20(25)23-12-10-22(11-13-23)17-8-7-15-4-1-2-5-16(15)14-17/h1-6,9,17,24H,7-8,10-14H2/t17-/m0/s1. The number of pyridine rings is 1. The Kier molecular flexibility index (Phi) is 4.40. The molecule has 25 heavy (non-hydrogen) atoms. The molecule has 130 valence electrons. The van der Waals surface area contributed by atoms with Crippen molar-refractivity contribution >= 4 is 5.91 Å². The molecule has 1 amide bonds. The van der Waals surface area contributed by atoms with E-state index in [1.165, 1.54) is 23.6 Å². The van der Waals surface area contributed by atoms with E-state index >= 15 is 0 Å². The summed E-state index contributed by atoms with van der Waals surface area (Å²) in [6, 6.07) is 12.4. The Balaban J connectivity index is 1.38. The highest BCUT2D eigenvalue weighted by Crippen LogP contribution is 2.25. The average molecular weight is 337 g/mol. The lowest BCUT2D eigenvalue weighted by atomic mass is 9.87. The zero-order chi connectivity index (χ0) is 17.2. The number of fused-ring (bicyclic) bond motifs is 1. The number of nitrogens with zero attached hydrogens (tertiary/aromatic N) is 3. The van der Waals surface area contributed by atoms with E-state index in [1.807, 2.05) is 0 Å². The van der Waals surface area contributed by atoms with Crippen LogP contribution in [0, 0.1) is 0 Å². The number of amides is 1. The van der Waals surface area contributed by atoms with Crippen molar-refractivity contribution in [1.29, 1.82) is 0 Å². The summed E-state index contributed by atoms with van der Waals surface area (Å²) in [6.07, 6.45) is 4.97. The predicted molar refractivity (Wildman–Crippen MR) is 95.6 cm³/mol. The highest BCUT2D eigenvalue weighted by atomic mass is 16.3. The van der Waals surface area contributed by atoms with Gasteiger partial charge in [0.25, 0.3) is 5.91 Å².